The number of epoxide rings is 1. The molecule has 1 saturated heterocycles. The SMILES string of the molecule is O=C(O)CCCOc1cc2c(cc1C1CCCCC1)CCC1OC21. The van der Waals surface area contributed by atoms with Crippen molar-refractivity contribution in [1.29, 1.82) is 0 Å². The molecule has 1 aliphatic heterocycles. The van der Waals surface area contributed by atoms with Crippen molar-refractivity contribution in [2.75, 3.05) is 6.61 Å². The van der Waals surface area contributed by atoms with Crippen molar-refractivity contribution in [2.45, 2.75) is 75.9 Å². The van der Waals surface area contributed by atoms with Crippen LogP contribution in [-0.4, -0.2) is 23.8 Å². The Morgan fingerprint density at radius 3 is 2.79 bits per heavy atom. The molecule has 0 spiro atoms. The number of hydrogen-bond acceptors (Lipinski definition) is 3. The highest BCUT2D eigenvalue weighted by atomic mass is 16.6. The van der Waals surface area contributed by atoms with Crippen molar-refractivity contribution in [3.8, 4) is 5.75 Å². The zero-order valence-corrected chi connectivity index (χ0v) is 14.1. The van der Waals surface area contributed by atoms with Crippen LogP contribution in [0.3, 0.4) is 0 Å². The van der Waals surface area contributed by atoms with E-state index in [4.69, 9.17) is 14.6 Å². The quantitative estimate of drug-likeness (QED) is 0.622. The third kappa shape index (κ3) is 3.30. The third-order valence-corrected chi connectivity index (χ3v) is 5.70. The second-order valence-corrected chi connectivity index (χ2v) is 7.40. The minimum absolute atomic E-state index is 0.164. The van der Waals surface area contributed by atoms with E-state index >= 15 is 0 Å². The van der Waals surface area contributed by atoms with Gasteiger partial charge < -0.3 is 14.6 Å². The fourth-order valence-electron chi connectivity index (χ4n) is 4.34. The van der Waals surface area contributed by atoms with E-state index in [1.54, 1.807) is 0 Å². The zero-order valence-electron chi connectivity index (χ0n) is 14.1. The summed E-state index contributed by atoms with van der Waals surface area (Å²) in [5.74, 6) is 0.810. The standard InChI is InChI=1S/C20H26O4/c21-19(22)7-4-10-23-18-12-16-14(8-9-17-20(16)24-17)11-15(18)13-5-2-1-3-6-13/h11-13,17,20H,1-10H2,(H,21,22). The minimum Gasteiger partial charge on any atom is -0.493 e. The Kier molecular flexibility index (Phi) is 4.49. The maximum Gasteiger partial charge on any atom is 0.303 e. The average molecular weight is 330 g/mol. The predicted molar refractivity (Wildman–Crippen MR) is 90.6 cm³/mol. The topological polar surface area (TPSA) is 59.1 Å². The average Bonchev–Trinajstić information content (AvgIpc) is 3.39. The Hall–Kier alpha value is -1.55. The van der Waals surface area contributed by atoms with Crippen LogP contribution in [0.15, 0.2) is 12.1 Å². The molecular formula is C20H26O4. The molecule has 4 heteroatoms. The highest BCUT2D eigenvalue weighted by Crippen LogP contribution is 2.50. The molecule has 4 rings (SSSR count). The van der Waals surface area contributed by atoms with Gasteiger partial charge in [0.15, 0.2) is 0 Å². The van der Waals surface area contributed by atoms with E-state index in [-0.39, 0.29) is 12.5 Å². The van der Waals surface area contributed by atoms with E-state index in [1.165, 1.54) is 48.8 Å². The summed E-state index contributed by atoms with van der Waals surface area (Å²) in [6, 6.07) is 4.57. The highest BCUT2D eigenvalue weighted by molar-refractivity contribution is 5.66. The molecule has 0 aromatic heterocycles. The molecular weight excluding hydrogens is 304 g/mol. The molecule has 3 aliphatic rings. The van der Waals surface area contributed by atoms with Crippen molar-refractivity contribution in [3.05, 3.63) is 28.8 Å². The Morgan fingerprint density at radius 1 is 1.17 bits per heavy atom. The lowest BCUT2D eigenvalue weighted by atomic mass is 9.80. The molecule has 2 fully saturated rings. The zero-order chi connectivity index (χ0) is 16.5. The number of fused-ring (bicyclic) bond motifs is 3. The van der Waals surface area contributed by atoms with Crippen molar-refractivity contribution in [2.24, 2.45) is 0 Å². The first-order valence-electron chi connectivity index (χ1n) is 9.39. The van der Waals surface area contributed by atoms with Gasteiger partial charge >= 0.3 is 5.97 Å². The molecule has 2 unspecified atom stereocenters. The Bertz CT molecular complexity index is 618. The monoisotopic (exact) mass is 330 g/mol. The van der Waals surface area contributed by atoms with Gasteiger partial charge in [0.1, 0.15) is 11.9 Å². The fraction of sp³-hybridized carbons (Fsp3) is 0.650. The number of carboxylic acids is 1. The van der Waals surface area contributed by atoms with Gasteiger partial charge in [-0.05, 0) is 60.8 Å². The molecule has 0 radical (unpaired) electrons. The Morgan fingerprint density at radius 2 is 2.00 bits per heavy atom. The second-order valence-electron chi connectivity index (χ2n) is 7.40. The van der Waals surface area contributed by atoms with Crippen LogP contribution in [0.5, 0.6) is 5.75 Å². The second kappa shape index (κ2) is 6.75. The summed E-state index contributed by atoms with van der Waals surface area (Å²) in [5.41, 5.74) is 4.09. The van der Waals surface area contributed by atoms with Crippen LogP contribution in [0, 0.1) is 0 Å². The van der Waals surface area contributed by atoms with Gasteiger partial charge in [0.25, 0.3) is 0 Å². The molecule has 1 N–H and O–H groups in total. The predicted octanol–water partition coefficient (Wildman–Crippen LogP) is 4.36. The molecule has 1 aromatic rings. The first-order valence-corrected chi connectivity index (χ1v) is 9.39. The Labute approximate surface area is 143 Å². The molecule has 1 saturated carbocycles. The summed E-state index contributed by atoms with van der Waals surface area (Å²) >= 11 is 0. The molecule has 4 nitrogen and oxygen atoms in total. The van der Waals surface area contributed by atoms with E-state index in [2.05, 4.69) is 12.1 Å². The van der Waals surface area contributed by atoms with Crippen LogP contribution in [0.25, 0.3) is 0 Å². The smallest absolute Gasteiger partial charge is 0.303 e. The third-order valence-electron chi connectivity index (χ3n) is 5.70. The summed E-state index contributed by atoms with van der Waals surface area (Å²) in [6.07, 6.45) is 10.1. The molecule has 0 amide bonds. The van der Waals surface area contributed by atoms with E-state index in [9.17, 15) is 4.79 Å². The summed E-state index contributed by atoms with van der Waals surface area (Å²) < 4.78 is 11.8. The van der Waals surface area contributed by atoms with Gasteiger partial charge in [-0.25, -0.2) is 0 Å². The lowest BCUT2D eigenvalue weighted by Gasteiger charge is -2.26. The van der Waals surface area contributed by atoms with Gasteiger partial charge in [0.05, 0.1) is 12.7 Å². The van der Waals surface area contributed by atoms with Gasteiger partial charge in [-0.15, -0.1) is 0 Å². The van der Waals surface area contributed by atoms with Gasteiger partial charge in [-0.2, -0.15) is 0 Å². The van der Waals surface area contributed by atoms with Gasteiger partial charge in [0.2, 0.25) is 0 Å². The number of benzene rings is 1. The molecule has 1 aromatic carbocycles. The number of aliphatic carboxylic acids is 1. The maximum atomic E-state index is 10.7. The van der Waals surface area contributed by atoms with E-state index in [0.29, 0.717) is 25.0 Å². The molecule has 0 bridgehead atoms. The summed E-state index contributed by atoms with van der Waals surface area (Å²) in [6.45, 7) is 0.472. The van der Waals surface area contributed by atoms with Crippen LogP contribution >= 0.6 is 0 Å². The van der Waals surface area contributed by atoms with Crippen LogP contribution in [0.1, 0.15) is 80.1 Å². The highest BCUT2D eigenvalue weighted by Gasteiger charge is 2.44. The van der Waals surface area contributed by atoms with Crippen molar-refractivity contribution in [3.63, 3.8) is 0 Å². The number of hydrogen-bond donors (Lipinski definition) is 1. The number of ether oxygens (including phenoxy) is 2. The van der Waals surface area contributed by atoms with Crippen LogP contribution < -0.4 is 4.74 Å². The number of carbonyl (C=O) groups is 1. The lowest BCUT2D eigenvalue weighted by molar-refractivity contribution is -0.137. The minimum atomic E-state index is -0.759. The number of rotatable bonds is 6. The lowest BCUT2D eigenvalue weighted by Crippen LogP contribution is -2.12. The van der Waals surface area contributed by atoms with Crippen molar-refractivity contribution >= 4 is 5.97 Å². The number of aryl methyl sites for hydroxylation is 1. The molecule has 2 aliphatic carbocycles. The van der Waals surface area contributed by atoms with Crippen molar-refractivity contribution < 1.29 is 19.4 Å². The van der Waals surface area contributed by atoms with Crippen LogP contribution in [-0.2, 0) is 16.0 Å². The first-order chi connectivity index (χ1) is 11.7. The molecule has 1 heterocycles. The van der Waals surface area contributed by atoms with Gasteiger partial charge in [-0.1, -0.05) is 25.3 Å². The fourth-order valence-corrected chi connectivity index (χ4v) is 4.34. The molecule has 24 heavy (non-hydrogen) atoms. The summed E-state index contributed by atoms with van der Waals surface area (Å²) in [7, 11) is 0. The maximum absolute atomic E-state index is 10.7. The molecule has 130 valence electrons. The van der Waals surface area contributed by atoms with E-state index in [1.807, 2.05) is 0 Å². The van der Waals surface area contributed by atoms with E-state index in [0.717, 1.165) is 18.6 Å². The number of carboxylic acid groups (broad SMARTS) is 1. The molecule has 2 atom stereocenters. The first kappa shape index (κ1) is 15.9. The van der Waals surface area contributed by atoms with Crippen LogP contribution in [0.2, 0.25) is 0 Å². The summed E-state index contributed by atoms with van der Waals surface area (Å²) in [5, 5.41) is 8.80. The summed E-state index contributed by atoms with van der Waals surface area (Å²) in [4.78, 5) is 10.7. The van der Waals surface area contributed by atoms with Gasteiger partial charge in [-0.3, -0.25) is 4.79 Å². The normalized spacial score (nSPS) is 25.7. The van der Waals surface area contributed by atoms with Gasteiger partial charge in [0, 0.05) is 6.42 Å². The Balaban J connectivity index is 1.56. The van der Waals surface area contributed by atoms with E-state index < -0.39 is 5.97 Å². The largest absolute Gasteiger partial charge is 0.493 e. The van der Waals surface area contributed by atoms with Crippen molar-refractivity contribution in [1.82, 2.24) is 0 Å². The van der Waals surface area contributed by atoms with Crippen LogP contribution in [0.4, 0.5) is 0 Å².